The summed E-state index contributed by atoms with van der Waals surface area (Å²) in [7, 11) is 0.746. The Hall–Kier alpha value is -0.680. The van der Waals surface area contributed by atoms with Gasteiger partial charge in [-0.2, -0.15) is 0 Å². The van der Waals surface area contributed by atoms with E-state index < -0.39 is 0 Å². The molecule has 1 aliphatic rings. The van der Waals surface area contributed by atoms with Crippen molar-refractivity contribution in [3.8, 4) is 0 Å². The Bertz CT molecular complexity index is 405. The molecular formula is C17H25OP. The third kappa shape index (κ3) is 4.14. The standard InChI is InChI=1S/C17H25OP/c1-17(2,15-11-7-4-8-12-15)19-13-16(18)14-9-5-3-6-10-14/h3,5-6,9-10,15,19H,4,7-8,11-13H2,1-2H3. The molecule has 1 aliphatic carbocycles. The average molecular weight is 276 g/mol. The highest BCUT2D eigenvalue weighted by atomic mass is 31.1. The highest BCUT2D eigenvalue weighted by molar-refractivity contribution is 7.41. The molecule has 0 saturated heterocycles. The van der Waals surface area contributed by atoms with Crippen molar-refractivity contribution < 1.29 is 4.79 Å². The summed E-state index contributed by atoms with van der Waals surface area (Å²) in [6.07, 6.45) is 7.60. The predicted molar refractivity (Wildman–Crippen MR) is 84.6 cm³/mol. The Labute approximate surface area is 119 Å². The van der Waals surface area contributed by atoms with E-state index in [1.54, 1.807) is 0 Å². The fraction of sp³-hybridized carbons (Fsp3) is 0.588. The fourth-order valence-corrected chi connectivity index (χ4v) is 4.40. The van der Waals surface area contributed by atoms with Crippen LogP contribution in [0.5, 0.6) is 0 Å². The maximum Gasteiger partial charge on any atom is 0.166 e. The maximum atomic E-state index is 12.2. The average Bonchev–Trinajstić information content (AvgIpc) is 2.47. The second-order valence-electron chi connectivity index (χ2n) is 6.20. The number of carbonyl (C=O) groups excluding carboxylic acids is 1. The van der Waals surface area contributed by atoms with Crippen molar-refractivity contribution in [1.29, 1.82) is 0 Å². The van der Waals surface area contributed by atoms with E-state index in [0.717, 1.165) is 20.1 Å². The SMILES string of the molecule is CC(C)(PCC(=O)c1ccccc1)C1CCCCC1. The molecule has 0 aromatic heterocycles. The van der Waals surface area contributed by atoms with E-state index in [1.807, 2.05) is 30.3 Å². The summed E-state index contributed by atoms with van der Waals surface area (Å²) in [5.74, 6) is 1.13. The number of hydrogen-bond donors (Lipinski definition) is 0. The molecule has 0 heterocycles. The first-order valence-corrected chi connectivity index (χ1v) is 8.63. The van der Waals surface area contributed by atoms with Gasteiger partial charge in [0.25, 0.3) is 0 Å². The molecule has 0 aliphatic heterocycles. The van der Waals surface area contributed by atoms with E-state index in [0.29, 0.717) is 17.1 Å². The Morgan fingerprint density at radius 1 is 1.16 bits per heavy atom. The minimum absolute atomic E-state index is 0.308. The van der Waals surface area contributed by atoms with Gasteiger partial charge in [0.2, 0.25) is 0 Å². The Kier molecular flexibility index (Phi) is 5.16. The number of rotatable bonds is 5. The highest BCUT2D eigenvalue weighted by Crippen LogP contribution is 2.44. The molecule has 0 bridgehead atoms. The minimum atomic E-state index is 0.308. The van der Waals surface area contributed by atoms with Gasteiger partial charge in [-0.15, -0.1) is 8.58 Å². The van der Waals surface area contributed by atoms with Crippen molar-refractivity contribution in [2.45, 2.75) is 51.1 Å². The molecule has 1 atom stereocenters. The van der Waals surface area contributed by atoms with Crippen LogP contribution in [0.4, 0.5) is 0 Å². The van der Waals surface area contributed by atoms with Crippen LogP contribution in [-0.4, -0.2) is 17.1 Å². The van der Waals surface area contributed by atoms with Crippen molar-refractivity contribution in [2.75, 3.05) is 6.16 Å². The zero-order valence-corrected chi connectivity index (χ0v) is 13.1. The van der Waals surface area contributed by atoms with E-state index in [9.17, 15) is 4.79 Å². The Balaban J connectivity index is 1.88. The molecule has 0 spiro atoms. The summed E-state index contributed by atoms with van der Waals surface area (Å²) in [6, 6.07) is 9.72. The van der Waals surface area contributed by atoms with Crippen LogP contribution < -0.4 is 0 Å². The number of ketones is 1. The fourth-order valence-electron chi connectivity index (χ4n) is 3.00. The minimum Gasteiger partial charge on any atom is -0.294 e. The van der Waals surface area contributed by atoms with Crippen molar-refractivity contribution in [1.82, 2.24) is 0 Å². The van der Waals surface area contributed by atoms with Crippen LogP contribution in [0.15, 0.2) is 30.3 Å². The molecule has 1 aromatic carbocycles. The highest BCUT2D eigenvalue weighted by Gasteiger charge is 2.30. The van der Waals surface area contributed by atoms with Gasteiger partial charge in [0, 0.05) is 11.7 Å². The lowest BCUT2D eigenvalue weighted by Gasteiger charge is -2.37. The number of benzene rings is 1. The molecule has 0 N–H and O–H groups in total. The van der Waals surface area contributed by atoms with Crippen LogP contribution >= 0.6 is 8.58 Å². The molecule has 1 saturated carbocycles. The quantitative estimate of drug-likeness (QED) is 0.552. The van der Waals surface area contributed by atoms with Crippen LogP contribution in [0.1, 0.15) is 56.3 Å². The van der Waals surface area contributed by atoms with Gasteiger partial charge < -0.3 is 0 Å². The van der Waals surface area contributed by atoms with Gasteiger partial charge in [0.15, 0.2) is 5.78 Å². The molecule has 1 unspecified atom stereocenters. The van der Waals surface area contributed by atoms with Gasteiger partial charge in [0.1, 0.15) is 0 Å². The first kappa shape index (κ1) is 14.7. The van der Waals surface area contributed by atoms with E-state index in [4.69, 9.17) is 0 Å². The van der Waals surface area contributed by atoms with Gasteiger partial charge in [-0.25, -0.2) is 0 Å². The molecule has 1 aromatic rings. The van der Waals surface area contributed by atoms with Crippen LogP contribution in [0.25, 0.3) is 0 Å². The Morgan fingerprint density at radius 2 is 1.79 bits per heavy atom. The third-order valence-corrected chi connectivity index (χ3v) is 6.24. The largest absolute Gasteiger partial charge is 0.294 e. The van der Waals surface area contributed by atoms with Crippen molar-refractivity contribution in [3.63, 3.8) is 0 Å². The smallest absolute Gasteiger partial charge is 0.166 e. The van der Waals surface area contributed by atoms with E-state index in [2.05, 4.69) is 13.8 Å². The van der Waals surface area contributed by atoms with Crippen LogP contribution in [0.2, 0.25) is 0 Å². The third-order valence-electron chi connectivity index (χ3n) is 4.43. The number of carbonyl (C=O) groups is 1. The second kappa shape index (κ2) is 6.66. The summed E-state index contributed by atoms with van der Waals surface area (Å²) in [5, 5.41) is 0.338. The predicted octanol–water partition coefficient (Wildman–Crippen LogP) is 4.91. The van der Waals surface area contributed by atoms with Gasteiger partial charge >= 0.3 is 0 Å². The molecule has 1 nitrogen and oxygen atoms in total. The van der Waals surface area contributed by atoms with Gasteiger partial charge in [-0.05, 0) is 23.9 Å². The van der Waals surface area contributed by atoms with Gasteiger partial charge in [-0.1, -0.05) is 63.4 Å². The van der Waals surface area contributed by atoms with Crippen molar-refractivity contribution in [3.05, 3.63) is 35.9 Å². The lowest BCUT2D eigenvalue weighted by atomic mass is 9.81. The lowest BCUT2D eigenvalue weighted by Crippen LogP contribution is -2.29. The van der Waals surface area contributed by atoms with Gasteiger partial charge in [0.05, 0.1) is 0 Å². The molecule has 19 heavy (non-hydrogen) atoms. The summed E-state index contributed by atoms with van der Waals surface area (Å²) in [6.45, 7) is 4.72. The summed E-state index contributed by atoms with van der Waals surface area (Å²) < 4.78 is 0. The van der Waals surface area contributed by atoms with Crippen molar-refractivity contribution in [2.24, 2.45) is 5.92 Å². The van der Waals surface area contributed by atoms with Crippen molar-refractivity contribution >= 4 is 14.4 Å². The zero-order valence-electron chi connectivity index (χ0n) is 12.1. The second-order valence-corrected chi connectivity index (χ2v) is 8.20. The maximum absolute atomic E-state index is 12.2. The summed E-state index contributed by atoms with van der Waals surface area (Å²) >= 11 is 0. The first-order valence-electron chi connectivity index (χ1n) is 7.43. The van der Waals surface area contributed by atoms with Crippen LogP contribution in [0, 0.1) is 5.92 Å². The van der Waals surface area contributed by atoms with Crippen LogP contribution in [-0.2, 0) is 0 Å². The number of hydrogen-bond acceptors (Lipinski definition) is 1. The molecule has 2 rings (SSSR count). The lowest BCUT2D eigenvalue weighted by molar-refractivity contribution is 0.102. The van der Waals surface area contributed by atoms with E-state index in [1.165, 1.54) is 32.1 Å². The Morgan fingerprint density at radius 3 is 2.42 bits per heavy atom. The van der Waals surface area contributed by atoms with E-state index in [-0.39, 0.29) is 0 Å². The summed E-state index contributed by atoms with van der Waals surface area (Å²) in [4.78, 5) is 12.2. The molecule has 104 valence electrons. The zero-order chi connectivity index (χ0) is 13.7. The molecular weight excluding hydrogens is 251 g/mol. The first-order chi connectivity index (χ1) is 9.09. The molecule has 0 radical (unpaired) electrons. The molecule has 1 fully saturated rings. The normalized spacial score (nSPS) is 18.0. The number of Topliss-reactive ketones (excluding diaryl/α,β-unsaturated/α-hetero) is 1. The topological polar surface area (TPSA) is 17.1 Å². The molecule has 0 amide bonds. The van der Waals surface area contributed by atoms with Gasteiger partial charge in [-0.3, -0.25) is 4.79 Å². The van der Waals surface area contributed by atoms with Crippen LogP contribution in [0.3, 0.4) is 0 Å². The monoisotopic (exact) mass is 276 g/mol. The van der Waals surface area contributed by atoms with E-state index >= 15 is 0 Å². The molecule has 2 heteroatoms. The summed E-state index contributed by atoms with van der Waals surface area (Å²) in [5.41, 5.74) is 0.870.